The highest BCUT2D eigenvalue weighted by atomic mass is 32.1. The maximum absolute atomic E-state index is 11.5. The first-order valence-corrected chi connectivity index (χ1v) is 6.49. The SMILES string of the molecule is O=C(CCC1CCC(O)C1)Nc1nccs1. The second-order valence-electron chi connectivity index (χ2n) is 4.26. The van der Waals surface area contributed by atoms with E-state index in [-0.39, 0.29) is 12.0 Å². The molecule has 1 saturated carbocycles. The first-order valence-electron chi connectivity index (χ1n) is 5.61. The molecule has 1 fully saturated rings. The summed E-state index contributed by atoms with van der Waals surface area (Å²) in [6, 6.07) is 0. The quantitative estimate of drug-likeness (QED) is 0.846. The number of aromatic nitrogens is 1. The van der Waals surface area contributed by atoms with E-state index in [2.05, 4.69) is 10.3 Å². The molecule has 0 aromatic carbocycles. The zero-order valence-corrected chi connectivity index (χ0v) is 9.87. The highest BCUT2D eigenvalue weighted by molar-refractivity contribution is 7.13. The highest BCUT2D eigenvalue weighted by Crippen LogP contribution is 2.29. The first-order chi connectivity index (χ1) is 7.74. The van der Waals surface area contributed by atoms with Crippen molar-refractivity contribution in [3.05, 3.63) is 11.6 Å². The summed E-state index contributed by atoms with van der Waals surface area (Å²) in [4.78, 5) is 15.5. The Morgan fingerprint density at radius 2 is 2.50 bits per heavy atom. The minimum atomic E-state index is -0.146. The van der Waals surface area contributed by atoms with E-state index in [1.165, 1.54) is 11.3 Å². The summed E-state index contributed by atoms with van der Waals surface area (Å²) < 4.78 is 0. The standard InChI is InChI=1S/C11H16N2O2S/c14-9-3-1-8(7-9)2-4-10(15)13-11-12-5-6-16-11/h5-6,8-9,14H,1-4,7H2,(H,12,13,15). The van der Waals surface area contributed by atoms with Crippen LogP contribution in [0.1, 0.15) is 32.1 Å². The van der Waals surface area contributed by atoms with Gasteiger partial charge in [-0.15, -0.1) is 11.3 Å². The molecule has 0 radical (unpaired) electrons. The van der Waals surface area contributed by atoms with Crippen LogP contribution in [0.3, 0.4) is 0 Å². The molecule has 2 unspecified atom stereocenters. The number of nitrogens with zero attached hydrogens (tertiary/aromatic N) is 1. The van der Waals surface area contributed by atoms with E-state index in [0.29, 0.717) is 17.5 Å². The van der Waals surface area contributed by atoms with Gasteiger partial charge < -0.3 is 10.4 Å². The lowest BCUT2D eigenvalue weighted by atomic mass is 10.0. The number of hydrogen-bond acceptors (Lipinski definition) is 4. The van der Waals surface area contributed by atoms with Crippen molar-refractivity contribution in [1.82, 2.24) is 4.98 Å². The Bertz CT molecular complexity index is 340. The van der Waals surface area contributed by atoms with Gasteiger partial charge in [0.1, 0.15) is 0 Å². The summed E-state index contributed by atoms with van der Waals surface area (Å²) >= 11 is 1.43. The van der Waals surface area contributed by atoms with Crippen LogP contribution in [0.2, 0.25) is 0 Å². The fourth-order valence-electron chi connectivity index (χ4n) is 2.11. The molecule has 0 bridgehead atoms. The van der Waals surface area contributed by atoms with E-state index in [1.807, 2.05) is 5.38 Å². The molecule has 5 heteroatoms. The van der Waals surface area contributed by atoms with Crippen molar-refractivity contribution in [2.45, 2.75) is 38.2 Å². The van der Waals surface area contributed by atoms with Crippen LogP contribution in [-0.4, -0.2) is 22.1 Å². The van der Waals surface area contributed by atoms with E-state index in [1.54, 1.807) is 6.20 Å². The van der Waals surface area contributed by atoms with Crippen molar-refractivity contribution in [3.8, 4) is 0 Å². The predicted octanol–water partition coefficient (Wildman–Crippen LogP) is 2.02. The first kappa shape index (κ1) is 11.5. The fourth-order valence-corrected chi connectivity index (χ4v) is 2.66. The van der Waals surface area contributed by atoms with Crippen molar-refractivity contribution in [1.29, 1.82) is 0 Å². The Balaban J connectivity index is 1.68. The lowest BCUT2D eigenvalue weighted by molar-refractivity contribution is -0.116. The molecule has 1 heterocycles. The van der Waals surface area contributed by atoms with E-state index in [9.17, 15) is 9.90 Å². The average Bonchev–Trinajstić information content (AvgIpc) is 2.87. The Morgan fingerprint density at radius 1 is 1.62 bits per heavy atom. The van der Waals surface area contributed by atoms with E-state index < -0.39 is 0 Å². The summed E-state index contributed by atoms with van der Waals surface area (Å²) in [5.41, 5.74) is 0. The molecular formula is C11H16N2O2S. The zero-order chi connectivity index (χ0) is 11.4. The molecule has 1 amide bonds. The molecule has 1 aliphatic carbocycles. The number of carbonyl (C=O) groups excluding carboxylic acids is 1. The predicted molar refractivity (Wildman–Crippen MR) is 63.3 cm³/mol. The number of aliphatic hydroxyl groups excluding tert-OH is 1. The number of anilines is 1. The van der Waals surface area contributed by atoms with E-state index in [0.717, 1.165) is 25.7 Å². The van der Waals surface area contributed by atoms with Crippen molar-refractivity contribution in [2.24, 2.45) is 5.92 Å². The summed E-state index contributed by atoms with van der Waals surface area (Å²) in [6.07, 6.45) is 5.71. The second kappa shape index (κ2) is 5.41. The molecule has 0 spiro atoms. The smallest absolute Gasteiger partial charge is 0.226 e. The number of hydrogen-bond donors (Lipinski definition) is 2. The van der Waals surface area contributed by atoms with Gasteiger partial charge in [0.2, 0.25) is 5.91 Å². The fraction of sp³-hybridized carbons (Fsp3) is 0.636. The lowest BCUT2D eigenvalue weighted by Crippen LogP contribution is -2.12. The minimum Gasteiger partial charge on any atom is -0.393 e. The maximum atomic E-state index is 11.5. The van der Waals surface area contributed by atoms with Crippen LogP contribution in [0, 0.1) is 5.92 Å². The van der Waals surface area contributed by atoms with Crippen molar-refractivity contribution >= 4 is 22.4 Å². The van der Waals surface area contributed by atoms with Gasteiger partial charge in [-0.1, -0.05) is 0 Å². The Hall–Kier alpha value is -0.940. The Labute approximate surface area is 98.7 Å². The van der Waals surface area contributed by atoms with Crippen LogP contribution in [0.5, 0.6) is 0 Å². The van der Waals surface area contributed by atoms with Crippen LogP contribution < -0.4 is 5.32 Å². The van der Waals surface area contributed by atoms with Crippen LogP contribution >= 0.6 is 11.3 Å². The number of thiazole rings is 1. The average molecular weight is 240 g/mol. The number of amides is 1. The summed E-state index contributed by atoms with van der Waals surface area (Å²) in [7, 11) is 0. The number of rotatable bonds is 4. The molecule has 16 heavy (non-hydrogen) atoms. The van der Waals surface area contributed by atoms with Gasteiger partial charge in [0.25, 0.3) is 0 Å². The third-order valence-electron chi connectivity index (χ3n) is 2.97. The van der Waals surface area contributed by atoms with Crippen LogP contribution in [0.4, 0.5) is 5.13 Å². The molecule has 0 aliphatic heterocycles. The van der Waals surface area contributed by atoms with Gasteiger partial charge in [-0.3, -0.25) is 4.79 Å². The topological polar surface area (TPSA) is 62.2 Å². The Morgan fingerprint density at radius 3 is 3.12 bits per heavy atom. The van der Waals surface area contributed by atoms with Gasteiger partial charge in [0, 0.05) is 18.0 Å². The van der Waals surface area contributed by atoms with Gasteiger partial charge in [-0.05, 0) is 31.6 Å². The van der Waals surface area contributed by atoms with Gasteiger partial charge >= 0.3 is 0 Å². The third-order valence-corrected chi connectivity index (χ3v) is 3.66. The van der Waals surface area contributed by atoms with Gasteiger partial charge in [0.05, 0.1) is 6.10 Å². The van der Waals surface area contributed by atoms with Crippen LogP contribution in [0.15, 0.2) is 11.6 Å². The molecule has 0 saturated heterocycles. The normalized spacial score (nSPS) is 24.6. The van der Waals surface area contributed by atoms with E-state index >= 15 is 0 Å². The summed E-state index contributed by atoms with van der Waals surface area (Å²) in [6.45, 7) is 0. The minimum absolute atomic E-state index is 0.0244. The monoisotopic (exact) mass is 240 g/mol. The number of nitrogens with one attached hydrogen (secondary N) is 1. The molecule has 88 valence electrons. The highest BCUT2D eigenvalue weighted by Gasteiger charge is 2.23. The molecule has 1 aliphatic rings. The van der Waals surface area contributed by atoms with Gasteiger partial charge in [-0.25, -0.2) is 4.98 Å². The lowest BCUT2D eigenvalue weighted by Gasteiger charge is -2.08. The molecule has 2 atom stereocenters. The maximum Gasteiger partial charge on any atom is 0.226 e. The van der Waals surface area contributed by atoms with Gasteiger partial charge in [0.15, 0.2) is 5.13 Å². The van der Waals surface area contributed by atoms with Gasteiger partial charge in [-0.2, -0.15) is 0 Å². The summed E-state index contributed by atoms with van der Waals surface area (Å²) in [5.74, 6) is 0.536. The molecule has 2 rings (SSSR count). The second-order valence-corrected chi connectivity index (χ2v) is 5.15. The molecule has 1 aromatic rings. The van der Waals surface area contributed by atoms with Crippen molar-refractivity contribution in [2.75, 3.05) is 5.32 Å². The molecule has 2 N–H and O–H groups in total. The zero-order valence-electron chi connectivity index (χ0n) is 9.06. The molecule has 1 aromatic heterocycles. The van der Waals surface area contributed by atoms with Crippen molar-refractivity contribution in [3.63, 3.8) is 0 Å². The third kappa shape index (κ3) is 3.28. The van der Waals surface area contributed by atoms with E-state index in [4.69, 9.17) is 0 Å². The number of carbonyl (C=O) groups is 1. The van der Waals surface area contributed by atoms with Crippen LogP contribution in [0.25, 0.3) is 0 Å². The largest absolute Gasteiger partial charge is 0.393 e. The number of aliphatic hydroxyl groups is 1. The molecule has 4 nitrogen and oxygen atoms in total. The van der Waals surface area contributed by atoms with Crippen molar-refractivity contribution < 1.29 is 9.90 Å². The van der Waals surface area contributed by atoms with Crippen LogP contribution in [-0.2, 0) is 4.79 Å². The summed E-state index contributed by atoms with van der Waals surface area (Å²) in [5, 5.41) is 14.6. The molecular weight excluding hydrogens is 224 g/mol. The Kier molecular flexibility index (Phi) is 3.90.